The van der Waals surface area contributed by atoms with Gasteiger partial charge in [-0.25, -0.2) is 9.78 Å². The number of nitrogens with one attached hydrogen (secondary N) is 2. The molecule has 1 aromatic carbocycles. The standard InChI is InChI=1S/C20H27BrN4O4/c1-11(2)17(24-20(28)29-3)19(27)25-10-14(26)8-16(25)18-22-9-15(23-18)12-4-6-13(21)7-5-12/h4-7,9,11,14,16-17,19,26-27H,8,10H2,1-3H3,(H,22,23)(H,24,28)/t14?,16-,17-,19?/m0/s1. The number of alkyl carbamates (subject to hydrolysis) is 1. The number of carbonyl (C=O) groups is 1. The molecule has 8 nitrogen and oxygen atoms in total. The van der Waals surface area contributed by atoms with Gasteiger partial charge >= 0.3 is 6.09 Å². The first-order valence-corrected chi connectivity index (χ1v) is 10.4. The number of rotatable bonds is 6. The van der Waals surface area contributed by atoms with Gasteiger partial charge in [-0.3, -0.25) is 4.90 Å². The van der Waals surface area contributed by atoms with Crippen LogP contribution in [0.25, 0.3) is 11.3 Å². The Morgan fingerprint density at radius 3 is 2.69 bits per heavy atom. The van der Waals surface area contributed by atoms with Gasteiger partial charge in [-0.05, 0) is 30.0 Å². The van der Waals surface area contributed by atoms with Crippen molar-refractivity contribution in [2.75, 3.05) is 13.7 Å². The van der Waals surface area contributed by atoms with E-state index in [0.29, 0.717) is 12.2 Å². The number of aromatic amines is 1. The van der Waals surface area contributed by atoms with Crippen LogP contribution in [0.1, 0.15) is 32.1 Å². The smallest absolute Gasteiger partial charge is 0.407 e. The Labute approximate surface area is 178 Å². The lowest BCUT2D eigenvalue weighted by Crippen LogP contribution is -2.54. The summed E-state index contributed by atoms with van der Waals surface area (Å²) < 4.78 is 5.68. The fraction of sp³-hybridized carbons (Fsp3) is 0.500. The van der Waals surface area contributed by atoms with Crippen molar-refractivity contribution in [1.82, 2.24) is 20.2 Å². The van der Waals surface area contributed by atoms with Crippen LogP contribution in [-0.2, 0) is 4.74 Å². The molecule has 158 valence electrons. The number of benzene rings is 1. The van der Waals surface area contributed by atoms with E-state index in [4.69, 9.17) is 0 Å². The van der Waals surface area contributed by atoms with Crippen molar-refractivity contribution in [3.8, 4) is 11.3 Å². The average molecular weight is 467 g/mol. The molecule has 1 fully saturated rings. The number of methoxy groups -OCH3 is 1. The van der Waals surface area contributed by atoms with Crippen molar-refractivity contribution in [2.24, 2.45) is 5.92 Å². The second-order valence-corrected chi connectivity index (χ2v) is 8.53. The number of ether oxygens (including phenoxy) is 1. The van der Waals surface area contributed by atoms with Crippen molar-refractivity contribution >= 4 is 22.0 Å². The van der Waals surface area contributed by atoms with Crippen LogP contribution >= 0.6 is 15.9 Å². The van der Waals surface area contributed by atoms with E-state index in [1.54, 1.807) is 11.1 Å². The van der Waals surface area contributed by atoms with Crippen LogP contribution in [0.3, 0.4) is 0 Å². The number of β-amino-alcohol motifs (C(OH)–C–C–N with tert-alkyl or cyclic N) is 1. The van der Waals surface area contributed by atoms with E-state index in [-0.39, 0.29) is 18.5 Å². The van der Waals surface area contributed by atoms with Crippen LogP contribution in [0.4, 0.5) is 4.79 Å². The zero-order valence-corrected chi connectivity index (χ0v) is 18.3. The molecule has 0 spiro atoms. The third-order valence-corrected chi connectivity index (χ3v) is 5.76. The predicted molar refractivity (Wildman–Crippen MR) is 112 cm³/mol. The molecule has 4 N–H and O–H groups in total. The highest BCUT2D eigenvalue weighted by Crippen LogP contribution is 2.34. The third kappa shape index (κ3) is 4.98. The van der Waals surface area contributed by atoms with Gasteiger partial charge in [-0.1, -0.05) is 41.9 Å². The van der Waals surface area contributed by atoms with Crippen molar-refractivity contribution in [3.05, 3.63) is 40.8 Å². The maximum Gasteiger partial charge on any atom is 0.407 e. The minimum Gasteiger partial charge on any atom is -0.453 e. The highest BCUT2D eigenvalue weighted by atomic mass is 79.9. The van der Waals surface area contributed by atoms with Crippen LogP contribution in [-0.4, -0.2) is 63.2 Å². The van der Waals surface area contributed by atoms with Crippen LogP contribution in [0.2, 0.25) is 0 Å². The van der Waals surface area contributed by atoms with E-state index in [1.165, 1.54) is 7.11 Å². The first-order chi connectivity index (χ1) is 13.8. The van der Waals surface area contributed by atoms with E-state index in [2.05, 4.69) is 36.0 Å². The normalized spacial score (nSPS) is 21.9. The molecule has 1 aliphatic rings. The molecule has 1 saturated heterocycles. The molecule has 2 aromatic rings. The topological polar surface area (TPSA) is 111 Å². The number of aliphatic hydroxyl groups is 2. The molecule has 1 aliphatic heterocycles. The molecule has 0 aliphatic carbocycles. The molecule has 9 heteroatoms. The minimum atomic E-state index is -1.00. The summed E-state index contributed by atoms with van der Waals surface area (Å²) in [5, 5.41) is 24.0. The molecule has 0 bridgehead atoms. The summed E-state index contributed by atoms with van der Waals surface area (Å²) in [5.41, 5.74) is 1.85. The first kappa shape index (κ1) is 21.8. The Bertz CT molecular complexity index is 826. The molecule has 29 heavy (non-hydrogen) atoms. The number of hydrogen-bond donors (Lipinski definition) is 4. The van der Waals surface area contributed by atoms with Crippen LogP contribution in [0.5, 0.6) is 0 Å². The molecule has 3 rings (SSSR count). The lowest BCUT2D eigenvalue weighted by Gasteiger charge is -2.35. The SMILES string of the molecule is COC(=O)N[C@@H](C(C)C)C(O)N1CC(O)C[C@H]1c1ncc(-c2ccc(Br)cc2)[nH]1. The number of H-pyrrole nitrogens is 1. The molecule has 0 saturated carbocycles. The number of likely N-dealkylation sites (tertiary alicyclic amines) is 1. The first-order valence-electron chi connectivity index (χ1n) is 9.57. The summed E-state index contributed by atoms with van der Waals surface area (Å²) >= 11 is 3.43. The summed E-state index contributed by atoms with van der Waals surface area (Å²) in [5.74, 6) is 0.622. The second kappa shape index (κ2) is 9.25. The van der Waals surface area contributed by atoms with Gasteiger partial charge in [0.25, 0.3) is 0 Å². The van der Waals surface area contributed by atoms with E-state index < -0.39 is 24.5 Å². The fourth-order valence-electron chi connectivity index (χ4n) is 3.67. The summed E-state index contributed by atoms with van der Waals surface area (Å²) in [4.78, 5) is 21.3. The Balaban J connectivity index is 1.82. The van der Waals surface area contributed by atoms with E-state index in [9.17, 15) is 15.0 Å². The monoisotopic (exact) mass is 466 g/mol. The zero-order valence-electron chi connectivity index (χ0n) is 16.7. The Kier molecular flexibility index (Phi) is 6.94. The van der Waals surface area contributed by atoms with Crippen molar-refractivity contribution in [1.29, 1.82) is 0 Å². The summed E-state index contributed by atoms with van der Waals surface area (Å²) in [7, 11) is 1.29. The number of aromatic nitrogens is 2. The van der Waals surface area contributed by atoms with Gasteiger partial charge in [0.05, 0.1) is 37.2 Å². The van der Waals surface area contributed by atoms with E-state index in [1.807, 2.05) is 38.1 Å². The fourth-order valence-corrected chi connectivity index (χ4v) is 3.93. The Morgan fingerprint density at radius 2 is 2.07 bits per heavy atom. The molecule has 1 amide bonds. The van der Waals surface area contributed by atoms with Crippen LogP contribution in [0, 0.1) is 5.92 Å². The highest BCUT2D eigenvalue weighted by molar-refractivity contribution is 9.10. The number of amides is 1. The molecule has 4 atom stereocenters. The van der Waals surface area contributed by atoms with Gasteiger partial charge in [0.2, 0.25) is 0 Å². The largest absolute Gasteiger partial charge is 0.453 e. The Morgan fingerprint density at radius 1 is 1.38 bits per heavy atom. The van der Waals surface area contributed by atoms with Gasteiger partial charge in [-0.2, -0.15) is 0 Å². The van der Waals surface area contributed by atoms with Gasteiger partial charge in [0.1, 0.15) is 12.1 Å². The predicted octanol–water partition coefficient (Wildman–Crippen LogP) is 2.65. The summed E-state index contributed by atoms with van der Waals surface area (Å²) in [6, 6.07) is 7.01. The van der Waals surface area contributed by atoms with Crippen molar-refractivity contribution in [2.45, 2.75) is 44.7 Å². The van der Waals surface area contributed by atoms with Gasteiger partial charge in [0, 0.05) is 11.0 Å². The number of hydrogen-bond acceptors (Lipinski definition) is 6. The van der Waals surface area contributed by atoms with Gasteiger partial charge in [-0.15, -0.1) is 0 Å². The number of aliphatic hydroxyl groups excluding tert-OH is 2. The van der Waals surface area contributed by atoms with E-state index in [0.717, 1.165) is 15.7 Å². The zero-order chi connectivity index (χ0) is 21.1. The molecular weight excluding hydrogens is 440 g/mol. The third-order valence-electron chi connectivity index (χ3n) is 5.23. The second-order valence-electron chi connectivity index (χ2n) is 7.61. The molecule has 2 unspecified atom stereocenters. The summed E-state index contributed by atoms with van der Waals surface area (Å²) in [6.45, 7) is 4.10. The van der Waals surface area contributed by atoms with Gasteiger partial charge < -0.3 is 25.3 Å². The Hall–Kier alpha value is -1.94. The lowest BCUT2D eigenvalue weighted by molar-refractivity contribution is -0.0474. The number of carbonyl (C=O) groups excluding carboxylic acids is 1. The summed E-state index contributed by atoms with van der Waals surface area (Å²) in [6.07, 6.45) is -0.0118. The molecule has 0 radical (unpaired) electrons. The molecular formula is C20H27BrN4O4. The number of imidazole rings is 1. The maximum atomic E-state index is 11.7. The van der Waals surface area contributed by atoms with Gasteiger partial charge in [0.15, 0.2) is 0 Å². The molecule has 2 heterocycles. The van der Waals surface area contributed by atoms with Crippen LogP contribution < -0.4 is 5.32 Å². The van der Waals surface area contributed by atoms with E-state index >= 15 is 0 Å². The van der Waals surface area contributed by atoms with Crippen molar-refractivity contribution < 1.29 is 19.7 Å². The highest BCUT2D eigenvalue weighted by Gasteiger charge is 2.41. The number of nitrogens with zero attached hydrogens (tertiary/aromatic N) is 2. The van der Waals surface area contributed by atoms with Crippen LogP contribution in [0.15, 0.2) is 34.9 Å². The number of halogens is 1. The minimum absolute atomic E-state index is 0.0441. The quantitative estimate of drug-likeness (QED) is 0.520. The van der Waals surface area contributed by atoms with Crippen molar-refractivity contribution in [3.63, 3.8) is 0 Å². The lowest BCUT2D eigenvalue weighted by atomic mass is 10.0. The average Bonchev–Trinajstić information content (AvgIpc) is 3.32. The maximum absolute atomic E-state index is 11.7. The molecule has 1 aromatic heterocycles.